The third-order valence-corrected chi connectivity index (χ3v) is 4.46. The average molecular weight is 337 g/mol. The second-order valence-corrected chi connectivity index (χ2v) is 6.25. The molecule has 7 heteroatoms. The van der Waals surface area contributed by atoms with Crippen molar-refractivity contribution in [3.05, 3.63) is 42.1 Å². The summed E-state index contributed by atoms with van der Waals surface area (Å²) in [6.45, 7) is 1.79. The highest BCUT2D eigenvalue weighted by Crippen LogP contribution is 2.25. The molecular weight excluding hydrogens is 318 g/mol. The number of benzene rings is 1. The first kappa shape index (κ1) is 15.6. The number of aromatic amines is 1. The number of nitrogens with one attached hydrogen (secondary N) is 3. The van der Waals surface area contributed by atoms with Crippen LogP contribution in [0.5, 0.6) is 5.75 Å². The van der Waals surface area contributed by atoms with E-state index in [2.05, 4.69) is 25.8 Å². The van der Waals surface area contributed by atoms with Crippen LogP contribution in [0.15, 0.2) is 36.5 Å². The number of hydrogen-bond donors (Lipinski definition) is 4. The molecule has 1 saturated heterocycles. The van der Waals surface area contributed by atoms with Crippen LogP contribution in [0, 0.1) is 0 Å². The lowest BCUT2D eigenvalue weighted by molar-refractivity contribution is 0.0932. The molecule has 0 aliphatic carbocycles. The van der Waals surface area contributed by atoms with E-state index in [-0.39, 0.29) is 17.7 Å². The zero-order valence-electron chi connectivity index (χ0n) is 13.6. The Bertz CT molecular complexity index is 897. The zero-order valence-corrected chi connectivity index (χ0v) is 13.6. The number of pyridine rings is 1. The summed E-state index contributed by atoms with van der Waals surface area (Å²) in [7, 11) is 0. The molecule has 3 heterocycles. The van der Waals surface area contributed by atoms with Crippen LogP contribution < -0.4 is 10.6 Å². The standard InChI is InChI=1S/C18H19N5O2/c24-13-5-3-11(4-6-13)16-8-14(15-10-20-23-17(15)22-16)18(25)21-12-2-1-7-19-9-12/h3-6,8,10,12,19,24H,1-2,7,9H2,(H,21,25)(H,20,22,23). The van der Waals surface area contributed by atoms with E-state index in [9.17, 15) is 9.90 Å². The van der Waals surface area contributed by atoms with Crippen LogP contribution >= 0.6 is 0 Å². The summed E-state index contributed by atoms with van der Waals surface area (Å²) >= 11 is 0. The minimum Gasteiger partial charge on any atom is -0.508 e. The van der Waals surface area contributed by atoms with Gasteiger partial charge < -0.3 is 15.7 Å². The van der Waals surface area contributed by atoms with Crippen LogP contribution in [0.25, 0.3) is 22.3 Å². The van der Waals surface area contributed by atoms with Gasteiger partial charge >= 0.3 is 0 Å². The molecule has 3 aromatic rings. The zero-order chi connectivity index (χ0) is 17.2. The van der Waals surface area contributed by atoms with Crippen LogP contribution in [0.4, 0.5) is 0 Å². The van der Waals surface area contributed by atoms with Gasteiger partial charge in [-0.05, 0) is 49.7 Å². The molecule has 25 heavy (non-hydrogen) atoms. The van der Waals surface area contributed by atoms with E-state index in [4.69, 9.17) is 0 Å². The Labute approximate surface area is 144 Å². The van der Waals surface area contributed by atoms with Gasteiger partial charge in [0.2, 0.25) is 0 Å². The van der Waals surface area contributed by atoms with Crippen molar-refractivity contribution >= 4 is 16.9 Å². The Kier molecular flexibility index (Phi) is 4.07. The minimum atomic E-state index is -0.123. The number of carbonyl (C=O) groups is 1. The van der Waals surface area contributed by atoms with Gasteiger partial charge in [0.15, 0.2) is 5.65 Å². The summed E-state index contributed by atoms with van der Waals surface area (Å²) in [5.41, 5.74) is 2.59. The summed E-state index contributed by atoms with van der Waals surface area (Å²) in [6.07, 6.45) is 3.65. The highest BCUT2D eigenvalue weighted by molar-refractivity contribution is 6.06. The lowest BCUT2D eigenvalue weighted by atomic mass is 10.0. The fourth-order valence-electron chi connectivity index (χ4n) is 3.13. The number of fused-ring (bicyclic) bond motifs is 1. The molecule has 7 nitrogen and oxygen atoms in total. The van der Waals surface area contributed by atoms with Gasteiger partial charge in [0.05, 0.1) is 22.8 Å². The maximum Gasteiger partial charge on any atom is 0.252 e. The molecule has 1 unspecified atom stereocenters. The molecule has 1 fully saturated rings. The van der Waals surface area contributed by atoms with Crippen molar-refractivity contribution in [3.8, 4) is 17.0 Å². The number of hydrogen-bond acceptors (Lipinski definition) is 5. The van der Waals surface area contributed by atoms with Crippen molar-refractivity contribution < 1.29 is 9.90 Å². The van der Waals surface area contributed by atoms with Gasteiger partial charge in [-0.3, -0.25) is 9.89 Å². The van der Waals surface area contributed by atoms with Crippen LogP contribution in [0.3, 0.4) is 0 Å². The van der Waals surface area contributed by atoms with Crippen LogP contribution in [0.1, 0.15) is 23.2 Å². The molecule has 1 amide bonds. The SMILES string of the molecule is O=C(NC1CCCNC1)c1cc(-c2ccc(O)cc2)nc2[nH]ncc12. The third kappa shape index (κ3) is 3.18. The Balaban J connectivity index is 1.70. The molecule has 4 rings (SSSR count). The van der Waals surface area contributed by atoms with Crippen molar-refractivity contribution in [1.82, 2.24) is 25.8 Å². The van der Waals surface area contributed by atoms with Crippen molar-refractivity contribution in [2.45, 2.75) is 18.9 Å². The summed E-state index contributed by atoms with van der Waals surface area (Å²) in [5.74, 6) is 0.0664. The topological polar surface area (TPSA) is 103 Å². The van der Waals surface area contributed by atoms with E-state index in [1.165, 1.54) is 0 Å². The van der Waals surface area contributed by atoms with Crippen LogP contribution in [0.2, 0.25) is 0 Å². The summed E-state index contributed by atoms with van der Waals surface area (Å²) in [6, 6.07) is 8.65. The Morgan fingerprint density at radius 3 is 2.88 bits per heavy atom. The van der Waals surface area contributed by atoms with Crippen molar-refractivity contribution in [1.29, 1.82) is 0 Å². The first-order chi connectivity index (χ1) is 12.2. The number of aromatic hydroxyl groups is 1. The molecule has 0 saturated carbocycles. The van der Waals surface area contributed by atoms with Gasteiger partial charge in [0.25, 0.3) is 5.91 Å². The second kappa shape index (κ2) is 6.52. The Hall–Kier alpha value is -2.93. The van der Waals surface area contributed by atoms with Gasteiger partial charge in [0, 0.05) is 18.2 Å². The number of phenolic OH excluding ortho intramolecular Hbond substituents is 1. The number of rotatable bonds is 3. The maximum atomic E-state index is 12.8. The first-order valence-electron chi connectivity index (χ1n) is 8.36. The average Bonchev–Trinajstić information content (AvgIpc) is 3.11. The molecule has 0 spiro atoms. The van der Waals surface area contributed by atoms with Crippen LogP contribution in [-0.2, 0) is 0 Å². The molecule has 1 aromatic carbocycles. The normalized spacial score (nSPS) is 17.5. The van der Waals surface area contributed by atoms with Gasteiger partial charge in [-0.1, -0.05) is 0 Å². The molecule has 1 atom stereocenters. The smallest absolute Gasteiger partial charge is 0.252 e. The highest BCUT2D eigenvalue weighted by Gasteiger charge is 2.20. The van der Waals surface area contributed by atoms with Gasteiger partial charge in [-0.2, -0.15) is 5.10 Å². The lowest BCUT2D eigenvalue weighted by Gasteiger charge is -2.24. The largest absolute Gasteiger partial charge is 0.508 e. The number of phenols is 1. The van der Waals surface area contributed by atoms with Gasteiger partial charge in [-0.25, -0.2) is 4.98 Å². The van der Waals surface area contributed by atoms with Gasteiger partial charge in [0.1, 0.15) is 5.75 Å². The molecular formula is C18H19N5O2. The van der Waals surface area contributed by atoms with E-state index in [0.717, 1.165) is 31.5 Å². The number of piperidine rings is 1. The van der Waals surface area contributed by atoms with E-state index in [1.54, 1.807) is 36.5 Å². The molecule has 4 N–H and O–H groups in total. The summed E-state index contributed by atoms with van der Waals surface area (Å²) < 4.78 is 0. The molecule has 1 aliphatic rings. The molecule has 1 aliphatic heterocycles. The van der Waals surface area contributed by atoms with E-state index in [0.29, 0.717) is 22.3 Å². The molecule has 0 bridgehead atoms. The first-order valence-corrected chi connectivity index (χ1v) is 8.36. The lowest BCUT2D eigenvalue weighted by Crippen LogP contribution is -2.45. The van der Waals surface area contributed by atoms with E-state index >= 15 is 0 Å². The monoisotopic (exact) mass is 337 g/mol. The van der Waals surface area contributed by atoms with Crippen molar-refractivity contribution in [2.75, 3.05) is 13.1 Å². The predicted molar refractivity (Wildman–Crippen MR) is 94.3 cm³/mol. The predicted octanol–water partition coefficient (Wildman–Crippen LogP) is 1.81. The quantitative estimate of drug-likeness (QED) is 0.584. The number of aromatic nitrogens is 3. The minimum absolute atomic E-state index is 0.123. The number of nitrogens with zero attached hydrogens (tertiary/aromatic N) is 2. The van der Waals surface area contributed by atoms with Crippen LogP contribution in [-0.4, -0.2) is 45.3 Å². The van der Waals surface area contributed by atoms with Crippen molar-refractivity contribution in [3.63, 3.8) is 0 Å². The summed E-state index contributed by atoms with van der Waals surface area (Å²) in [5, 5.41) is 23.4. The fraction of sp³-hybridized carbons (Fsp3) is 0.278. The van der Waals surface area contributed by atoms with E-state index in [1.807, 2.05) is 0 Å². The number of carbonyl (C=O) groups excluding carboxylic acids is 1. The number of H-pyrrole nitrogens is 1. The molecule has 0 radical (unpaired) electrons. The molecule has 2 aromatic heterocycles. The Morgan fingerprint density at radius 1 is 1.28 bits per heavy atom. The third-order valence-electron chi connectivity index (χ3n) is 4.46. The Morgan fingerprint density at radius 2 is 2.12 bits per heavy atom. The second-order valence-electron chi connectivity index (χ2n) is 6.25. The maximum absolute atomic E-state index is 12.8. The highest BCUT2D eigenvalue weighted by atomic mass is 16.3. The summed E-state index contributed by atoms with van der Waals surface area (Å²) in [4.78, 5) is 17.3. The van der Waals surface area contributed by atoms with Crippen molar-refractivity contribution in [2.24, 2.45) is 0 Å². The fourth-order valence-corrected chi connectivity index (χ4v) is 3.13. The molecule has 128 valence electrons. The van der Waals surface area contributed by atoms with Gasteiger partial charge in [-0.15, -0.1) is 0 Å². The number of amides is 1. The van der Waals surface area contributed by atoms with E-state index < -0.39 is 0 Å².